The zero-order valence-corrected chi connectivity index (χ0v) is 17.6. The summed E-state index contributed by atoms with van der Waals surface area (Å²) in [5.41, 5.74) is -1.40. The molecule has 32 heavy (non-hydrogen) atoms. The number of amides is 1. The topological polar surface area (TPSA) is 101 Å². The van der Waals surface area contributed by atoms with Crippen LogP contribution in [0.3, 0.4) is 0 Å². The number of fused-ring (bicyclic) bond motifs is 1. The maximum absolute atomic E-state index is 12.6. The van der Waals surface area contributed by atoms with Crippen molar-refractivity contribution >= 4 is 40.0 Å². The zero-order chi connectivity index (χ0) is 23.5. The normalized spacial score (nSPS) is 11.4. The van der Waals surface area contributed by atoms with E-state index in [1.54, 1.807) is 18.2 Å². The molecule has 2 aromatic carbocycles. The first-order valence-corrected chi connectivity index (χ1v) is 9.82. The molecule has 0 radical (unpaired) electrons. The predicted molar refractivity (Wildman–Crippen MR) is 112 cm³/mol. The van der Waals surface area contributed by atoms with E-state index in [1.807, 2.05) is 0 Å². The van der Waals surface area contributed by atoms with Crippen molar-refractivity contribution < 1.29 is 32.5 Å². The highest BCUT2D eigenvalue weighted by Crippen LogP contribution is 2.32. The number of aromatic nitrogens is 1. The molecular weight excluding hydrogens is 476 g/mol. The summed E-state index contributed by atoms with van der Waals surface area (Å²) in [6.07, 6.45) is -4.63. The number of halogens is 5. The number of ether oxygens (including phenoxy) is 2. The Labute approximate surface area is 188 Å². The van der Waals surface area contributed by atoms with E-state index in [0.717, 1.165) is 18.2 Å². The highest BCUT2D eigenvalue weighted by Gasteiger charge is 2.31. The number of carbonyl (C=O) groups is 1. The standard InChI is InChI=1S/C20H15Cl2F3N2O5/c21-12-3-1-4-14(16(12)22)31-8-2-7-26-18(29)15-11-9-10(32-20(23,24)25)5-6-13(11)27-19(30)17(15)28/h1,3-6,9,28H,2,7-8H2,(H,26,29)(H,27,30). The maximum atomic E-state index is 12.6. The lowest BCUT2D eigenvalue weighted by atomic mass is 10.1. The quantitative estimate of drug-likeness (QED) is 0.419. The Morgan fingerprint density at radius 3 is 2.66 bits per heavy atom. The summed E-state index contributed by atoms with van der Waals surface area (Å²) in [6.45, 7) is 0.232. The van der Waals surface area contributed by atoms with Gasteiger partial charge < -0.3 is 24.9 Å². The van der Waals surface area contributed by atoms with Crippen molar-refractivity contribution in [3.05, 3.63) is 62.4 Å². The number of hydrogen-bond acceptors (Lipinski definition) is 5. The fourth-order valence-corrected chi connectivity index (χ4v) is 3.18. The average molecular weight is 491 g/mol. The predicted octanol–water partition coefficient (Wildman–Crippen LogP) is 4.64. The molecule has 0 aliphatic carbocycles. The summed E-state index contributed by atoms with van der Waals surface area (Å²) < 4.78 is 46.9. The van der Waals surface area contributed by atoms with E-state index < -0.39 is 34.9 Å². The van der Waals surface area contributed by atoms with E-state index in [0.29, 0.717) is 17.2 Å². The fraction of sp³-hybridized carbons (Fsp3) is 0.200. The van der Waals surface area contributed by atoms with Crippen molar-refractivity contribution in [1.82, 2.24) is 10.3 Å². The van der Waals surface area contributed by atoms with Crippen molar-refractivity contribution in [1.29, 1.82) is 0 Å². The van der Waals surface area contributed by atoms with Crippen LogP contribution in [0.15, 0.2) is 41.2 Å². The zero-order valence-electron chi connectivity index (χ0n) is 16.1. The number of alkyl halides is 3. The second-order valence-corrected chi connectivity index (χ2v) is 7.23. The van der Waals surface area contributed by atoms with Gasteiger partial charge in [0.15, 0.2) is 5.75 Å². The van der Waals surface area contributed by atoms with E-state index in [2.05, 4.69) is 15.0 Å². The number of nitrogens with one attached hydrogen (secondary N) is 2. The van der Waals surface area contributed by atoms with E-state index in [-0.39, 0.29) is 29.1 Å². The molecule has 3 rings (SSSR count). The van der Waals surface area contributed by atoms with Crippen molar-refractivity contribution in [2.24, 2.45) is 0 Å². The first-order chi connectivity index (χ1) is 15.1. The third kappa shape index (κ3) is 5.57. The van der Waals surface area contributed by atoms with Crippen molar-refractivity contribution in [2.45, 2.75) is 12.8 Å². The summed E-state index contributed by atoms with van der Waals surface area (Å²) >= 11 is 11.9. The summed E-state index contributed by atoms with van der Waals surface area (Å²) in [5.74, 6) is -2.04. The van der Waals surface area contributed by atoms with Crippen LogP contribution in [0.25, 0.3) is 10.9 Å². The Morgan fingerprint density at radius 1 is 1.19 bits per heavy atom. The minimum absolute atomic E-state index is 0.0476. The molecule has 0 saturated heterocycles. The third-order valence-electron chi connectivity index (χ3n) is 4.20. The average Bonchev–Trinajstić information content (AvgIpc) is 2.70. The number of pyridine rings is 1. The Morgan fingerprint density at radius 2 is 1.94 bits per heavy atom. The van der Waals surface area contributed by atoms with Crippen molar-refractivity contribution in [3.8, 4) is 17.2 Å². The Kier molecular flexibility index (Phi) is 7.05. The maximum Gasteiger partial charge on any atom is 0.573 e. The van der Waals surface area contributed by atoms with Gasteiger partial charge in [0.2, 0.25) is 0 Å². The molecule has 3 aromatic rings. The van der Waals surface area contributed by atoms with Gasteiger partial charge in [0.1, 0.15) is 16.5 Å². The molecule has 0 bridgehead atoms. The number of aromatic amines is 1. The van der Waals surface area contributed by atoms with Crippen molar-refractivity contribution in [3.63, 3.8) is 0 Å². The SMILES string of the molecule is O=C(NCCCOc1cccc(Cl)c1Cl)c1c(O)c(=O)[nH]c2ccc(OC(F)(F)F)cc12. The smallest absolute Gasteiger partial charge is 0.502 e. The Bertz CT molecular complexity index is 1210. The van der Waals surface area contributed by atoms with Gasteiger partial charge in [-0.1, -0.05) is 29.3 Å². The molecule has 170 valence electrons. The van der Waals surface area contributed by atoms with Gasteiger partial charge in [0.05, 0.1) is 17.2 Å². The molecule has 0 aliphatic rings. The molecule has 7 nitrogen and oxygen atoms in total. The van der Waals surface area contributed by atoms with Gasteiger partial charge in [-0.15, -0.1) is 13.2 Å². The highest BCUT2D eigenvalue weighted by molar-refractivity contribution is 6.42. The first-order valence-electron chi connectivity index (χ1n) is 9.06. The van der Waals surface area contributed by atoms with Crippen LogP contribution in [0.1, 0.15) is 16.8 Å². The van der Waals surface area contributed by atoms with Gasteiger partial charge in [0, 0.05) is 17.4 Å². The summed E-state index contributed by atoms with van der Waals surface area (Å²) in [4.78, 5) is 26.8. The Balaban J connectivity index is 1.72. The summed E-state index contributed by atoms with van der Waals surface area (Å²) in [5, 5.41) is 13.0. The lowest BCUT2D eigenvalue weighted by Gasteiger charge is -2.13. The molecule has 0 saturated carbocycles. The highest BCUT2D eigenvalue weighted by atomic mass is 35.5. The largest absolute Gasteiger partial charge is 0.573 e. The number of aromatic hydroxyl groups is 1. The van der Waals surface area contributed by atoms with E-state index in [1.165, 1.54) is 0 Å². The van der Waals surface area contributed by atoms with Crippen LogP contribution >= 0.6 is 23.2 Å². The minimum Gasteiger partial charge on any atom is -0.502 e. The van der Waals surface area contributed by atoms with Crippen LogP contribution in [0.4, 0.5) is 13.2 Å². The Hall–Kier alpha value is -3.11. The number of benzene rings is 2. The van der Waals surface area contributed by atoms with E-state index in [9.17, 15) is 27.9 Å². The first kappa shape index (κ1) is 23.6. The second-order valence-electron chi connectivity index (χ2n) is 6.44. The molecule has 0 aliphatic heterocycles. The monoisotopic (exact) mass is 490 g/mol. The second kappa shape index (κ2) is 9.58. The van der Waals surface area contributed by atoms with Gasteiger partial charge >= 0.3 is 6.36 Å². The van der Waals surface area contributed by atoms with Crippen molar-refractivity contribution in [2.75, 3.05) is 13.2 Å². The lowest BCUT2D eigenvalue weighted by Crippen LogP contribution is -2.27. The number of rotatable bonds is 7. The molecule has 0 spiro atoms. The summed E-state index contributed by atoms with van der Waals surface area (Å²) in [7, 11) is 0. The van der Waals surface area contributed by atoms with Gasteiger partial charge in [-0.3, -0.25) is 9.59 Å². The minimum atomic E-state index is -4.95. The van der Waals surface area contributed by atoms with Crippen LogP contribution in [-0.4, -0.2) is 35.5 Å². The number of H-pyrrole nitrogens is 1. The van der Waals surface area contributed by atoms with Crippen LogP contribution in [0.5, 0.6) is 17.2 Å². The van der Waals surface area contributed by atoms with Gasteiger partial charge in [-0.25, -0.2) is 0 Å². The molecular formula is C20H15Cl2F3N2O5. The molecule has 1 aromatic heterocycles. The van der Waals surface area contributed by atoms with Crippen LogP contribution < -0.4 is 20.3 Å². The van der Waals surface area contributed by atoms with E-state index in [4.69, 9.17) is 27.9 Å². The van der Waals surface area contributed by atoms with Crippen LogP contribution in [0, 0.1) is 0 Å². The molecule has 12 heteroatoms. The van der Waals surface area contributed by atoms with Crippen LogP contribution in [-0.2, 0) is 0 Å². The van der Waals surface area contributed by atoms with Gasteiger partial charge in [-0.2, -0.15) is 0 Å². The third-order valence-corrected chi connectivity index (χ3v) is 5.00. The fourth-order valence-electron chi connectivity index (χ4n) is 2.83. The summed E-state index contributed by atoms with van der Waals surface area (Å²) in [6, 6.07) is 7.88. The van der Waals surface area contributed by atoms with Crippen LogP contribution in [0.2, 0.25) is 10.0 Å². The molecule has 1 heterocycles. The molecule has 0 atom stereocenters. The van der Waals surface area contributed by atoms with Gasteiger partial charge in [-0.05, 0) is 36.8 Å². The number of hydrogen-bond donors (Lipinski definition) is 3. The van der Waals surface area contributed by atoms with Gasteiger partial charge in [0.25, 0.3) is 11.5 Å². The van der Waals surface area contributed by atoms with E-state index >= 15 is 0 Å². The molecule has 0 fully saturated rings. The molecule has 1 amide bonds. The lowest BCUT2D eigenvalue weighted by molar-refractivity contribution is -0.274. The molecule has 3 N–H and O–H groups in total. The number of carbonyl (C=O) groups excluding carboxylic acids is 1. The molecule has 0 unspecified atom stereocenters.